The highest BCUT2D eigenvalue weighted by molar-refractivity contribution is 6.09. The van der Waals surface area contributed by atoms with Crippen LogP contribution in [0.25, 0.3) is 0 Å². The lowest BCUT2D eigenvalue weighted by Crippen LogP contribution is -1.94. The number of hydrogen-bond donors (Lipinski definition) is 0. The Morgan fingerprint density at radius 3 is 2.15 bits per heavy atom. The zero-order valence-electron chi connectivity index (χ0n) is 14.7. The third-order valence-electron chi connectivity index (χ3n) is 3.60. The predicted octanol–water partition coefficient (Wildman–Crippen LogP) is 4.31. The highest BCUT2D eigenvalue weighted by Crippen LogP contribution is 2.11. The lowest BCUT2D eigenvalue weighted by Gasteiger charge is -1.98. The molecular formula is C22H20O4. The Morgan fingerprint density at radius 2 is 1.58 bits per heavy atom. The van der Waals surface area contributed by atoms with Gasteiger partial charge in [0, 0.05) is 18.4 Å². The summed E-state index contributed by atoms with van der Waals surface area (Å²) in [6, 6.07) is 10.2. The minimum Gasteiger partial charge on any atom is -0.497 e. The zero-order valence-corrected chi connectivity index (χ0v) is 14.7. The maximum absolute atomic E-state index is 11.9. The summed E-state index contributed by atoms with van der Waals surface area (Å²) in [6.45, 7) is 0. The molecule has 0 aliphatic carbocycles. The van der Waals surface area contributed by atoms with Crippen molar-refractivity contribution in [2.75, 3.05) is 7.11 Å². The Labute approximate surface area is 153 Å². The Morgan fingerprint density at radius 1 is 0.923 bits per heavy atom. The van der Waals surface area contributed by atoms with E-state index in [1.54, 1.807) is 43.5 Å². The van der Waals surface area contributed by atoms with Crippen LogP contribution in [-0.4, -0.2) is 18.7 Å². The van der Waals surface area contributed by atoms with Crippen molar-refractivity contribution in [3.05, 3.63) is 54.0 Å². The van der Waals surface area contributed by atoms with Gasteiger partial charge in [-0.25, -0.2) is 0 Å². The van der Waals surface area contributed by atoms with Gasteiger partial charge in [-0.05, 0) is 61.1 Å². The molecule has 2 aromatic rings. The molecule has 0 saturated heterocycles. The third kappa shape index (κ3) is 6.34. The van der Waals surface area contributed by atoms with Crippen LogP contribution in [0.4, 0.5) is 0 Å². The largest absolute Gasteiger partial charge is 0.497 e. The second-order valence-corrected chi connectivity index (χ2v) is 5.53. The molecule has 1 aromatic heterocycles. The lowest BCUT2D eigenvalue weighted by atomic mass is 10.1. The van der Waals surface area contributed by atoms with Gasteiger partial charge < -0.3 is 9.15 Å². The number of furan rings is 1. The van der Waals surface area contributed by atoms with Gasteiger partial charge in [-0.1, -0.05) is 18.3 Å². The summed E-state index contributed by atoms with van der Waals surface area (Å²) in [5, 5.41) is 0. The number of hydrogen-bond acceptors (Lipinski definition) is 4. The number of carbonyl (C=O) groups is 2. The molecule has 0 bridgehead atoms. The van der Waals surface area contributed by atoms with Crippen molar-refractivity contribution >= 4 is 11.6 Å². The molecule has 1 heterocycles. The molecule has 0 aliphatic rings. The Bertz CT molecular complexity index is 838. The Balaban J connectivity index is 1.61. The van der Waals surface area contributed by atoms with Crippen molar-refractivity contribution in [1.29, 1.82) is 0 Å². The SMILES string of the molecule is COc1ccc(C(=O)C#CCCCCCC#CC(=O)c2ccco2)cc1. The van der Waals surface area contributed by atoms with Crippen LogP contribution in [0.15, 0.2) is 47.1 Å². The lowest BCUT2D eigenvalue weighted by molar-refractivity contribution is 0.102. The summed E-state index contributed by atoms with van der Waals surface area (Å²) in [5.41, 5.74) is 0.565. The van der Waals surface area contributed by atoms with Gasteiger partial charge in [0.15, 0.2) is 5.76 Å². The molecule has 2 rings (SSSR count). The van der Waals surface area contributed by atoms with Gasteiger partial charge in [0.05, 0.1) is 13.4 Å². The maximum atomic E-state index is 11.9. The fourth-order valence-electron chi connectivity index (χ4n) is 2.17. The normalized spacial score (nSPS) is 9.42. The number of ether oxygens (including phenoxy) is 1. The first-order chi connectivity index (χ1) is 12.7. The average Bonchev–Trinajstić information content (AvgIpc) is 3.21. The van der Waals surface area contributed by atoms with Gasteiger partial charge in [-0.15, -0.1) is 0 Å². The molecule has 0 saturated carbocycles. The van der Waals surface area contributed by atoms with E-state index in [4.69, 9.17) is 9.15 Å². The first-order valence-electron chi connectivity index (χ1n) is 8.44. The van der Waals surface area contributed by atoms with E-state index in [2.05, 4.69) is 23.7 Å². The first kappa shape index (κ1) is 19.1. The van der Waals surface area contributed by atoms with Crippen molar-refractivity contribution in [3.8, 4) is 29.4 Å². The van der Waals surface area contributed by atoms with Crippen LogP contribution in [0.1, 0.15) is 53.0 Å². The Hall–Kier alpha value is -3.24. The number of methoxy groups -OCH3 is 1. The van der Waals surface area contributed by atoms with E-state index in [9.17, 15) is 9.59 Å². The summed E-state index contributed by atoms with van der Waals surface area (Å²) in [4.78, 5) is 23.5. The smallest absolute Gasteiger partial charge is 0.271 e. The number of Topliss-reactive ketones (excluding diaryl/α,β-unsaturated/α-hetero) is 2. The Kier molecular flexibility index (Phi) is 7.77. The van der Waals surface area contributed by atoms with E-state index in [0.717, 1.165) is 19.3 Å². The molecule has 0 amide bonds. The van der Waals surface area contributed by atoms with E-state index in [1.165, 1.54) is 6.26 Å². The summed E-state index contributed by atoms with van der Waals surface area (Å²) < 4.78 is 10.0. The summed E-state index contributed by atoms with van der Waals surface area (Å²) in [6.07, 6.45) is 5.53. The number of carbonyl (C=O) groups excluding carboxylic acids is 2. The minimum atomic E-state index is -0.294. The van der Waals surface area contributed by atoms with E-state index in [0.29, 0.717) is 24.2 Å². The minimum absolute atomic E-state index is 0.185. The number of unbranched alkanes of at least 4 members (excludes halogenated alkanes) is 4. The topological polar surface area (TPSA) is 56.5 Å². The van der Waals surface area contributed by atoms with Crippen LogP contribution in [0.5, 0.6) is 5.75 Å². The van der Waals surface area contributed by atoms with Crippen LogP contribution in [0, 0.1) is 23.7 Å². The molecule has 0 spiro atoms. The average molecular weight is 348 g/mol. The second kappa shape index (κ2) is 10.6. The van der Waals surface area contributed by atoms with Crippen LogP contribution in [0.3, 0.4) is 0 Å². The summed E-state index contributed by atoms with van der Waals surface area (Å²) >= 11 is 0. The van der Waals surface area contributed by atoms with Gasteiger partial charge >= 0.3 is 0 Å². The highest BCUT2D eigenvalue weighted by atomic mass is 16.5. The van der Waals surface area contributed by atoms with Crippen LogP contribution >= 0.6 is 0 Å². The standard InChI is InChI=1S/C22H20O4/c1-25-19-15-13-18(14-16-19)20(23)10-7-5-3-2-4-6-8-11-21(24)22-12-9-17-26-22/h9,12-17H,2-6H2,1H3. The van der Waals surface area contributed by atoms with Gasteiger partial charge in [-0.3, -0.25) is 9.59 Å². The van der Waals surface area contributed by atoms with Gasteiger partial charge in [0.25, 0.3) is 5.78 Å². The fraction of sp³-hybridized carbons (Fsp3) is 0.273. The van der Waals surface area contributed by atoms with Crippen molar-refractivity contribution in [3.63, 3.8) is 0 Å². The first-order valence-corrected chi connectivity index (χ1v) is 8.44. The summed E-state index contributed by atoms with van der Waals surface area (Å²) in [5.74, 6) is 11.5. The predicted molar refractivity (Wildman–Crippen MR) is 99.0 cm³/mol. The van der Waals surface area contributed by atoms with Gasteiger partial charge in [-0.2, -0.15) is 0 Å². The molecule has 4 heteroatoms. The van der Waals surface area contributed by atoms with Crippen LogP contribution in [-0.2, 0) is 0 Å². The molecule has 26 heavy (non-hydrogen) atoms. The monoisotopic (exact) mass is 348 g/mol. The fourth-order valence-corrected chi connectivity index (χ4v) is 2.17. The highest BCUT2D eigenvalue weighted by Gasteiger charge is 2.03. The molecule has 0 N–H and O–H groups in total. The maximum Gasteiger partial charge on any atom is 0.271 e. The number of benzene rings is 1. The zero-order chi connectivity index (χ0) is 18.6. The van der Waals surface area contributed by atoms with Crippen molar-refractivity contribution in [1.82, 2.24) is 0 Å². The van der Waals surface area contributed by atoms with Crippen molar-refractivity contribution in [2.24, 2.45) is 0 Å². The third-order valence-corrected chi connectivity index (χ3v) is 3.60. The molecule has 4 nitrogen and oxygen atoms in total. The van der Waals surface area contributed by atoms with Crippen LogP contribution in [0.2, 0.25) is 0 Å². The van der Waals surface area contributed by atoms with Gasteiger partial charge in [0.1, 0.15) is 5.75 Å². The second-order valence-electron chi connectivity index (χ2n) is 5.53. The molecule has 1 aromatic carbocycles. The van der Waals surface area contributed by atoms with Crippen molar-refractivity contribution in [2.45, 2.75) is 32.1 Å². The quantitative estimate of drug-likeness (QED) is 0.324. The van der Waals surface area contributed by atoms with Crippen molar-refractivity contribution < 1.29 is 18.7 Å². The molecule has 0 atom stereocenters. The van der Waals surface area contributed by atoms with E-state index in [1.807, 2.05) is 0 Å². The molecule has 0 radical (unpaired) electrons. The summed E-state index contributed by atoms with van der Waals surface area (Å²) in [7, 11) is 1.58. The van der Waals surface area contributed by atoms with E-state index >= 15 is 0 Å². The van der Waals surface area contributed by atoms with Crippen LogP contribution < -0.4 is 4.74 Å². The van der Waals surface area contributed by atoms with E-state index < -0.39 is 0 Å². The molecule has 0 aliphatic heterocycles. The molecular weight excluding hydrogens is 328 g/mol. The number of rotatable bonds is 7. The molecule has 0 fully saturated rings. The number of ketones is 2. The van der Waals surface area contributed by atoms with Gasteiger partial charge in [0.2, 0.25) is 5.78 Å². The molecule has 132 valence electrons. The molecule has 0 unspecified atom stereocenters. The van der Waals surface area contributed by atoms with E-state index in [-0.39, 0.29) is 17.3 Å².